The summed E-state index contributed by atoms with van der Waals surface area (Å²) in [4.78, 5) is 0. The molecule has 0 unspecified atom stereocenters. The van der Waals surface area contributed by atoms with Gasteiger partial charge in [0.05, 0.1) is 0 Å². The van der Waals surface area contributed by atoms with Crippen molar-refractivity contribution in [3.05, 3.63) is 0 Å². The molecule has 4 heteroatoms. The zero-order chi connectivity index (χ0) is 3.58. The van der Waals surface area contributed by atoms with E-state index in [1.807, 2.05) is 0 Å². The SMILES string of the molecule is OB(O)O.[2H]. The van der Waals surface area contributed by atoms with Crippen LogP contribution in [0.4, 0.5) is 0 Å². The third-order valence-corrected chi connectivity index (χ3v) is 0. The van der Waals surface area contributed by atoms with Crippen LogP contribution in [-0.4, -0.2) is 22.4 Å². The van der Waals surface area contributed by atoms with Crippen molar-refractivity contribution in [2.45, 2.75) is 0 Å². The topological polar surface area (TPSA) is 60.7 Å². The number of hydrogen-bond acceptors (Lipinski definition) is 3. The molecule has 0 bridgehead atoms. The molecule has 0 atom stereocenters. The molecule has 0 aliphatic heterocycles. The van der Waals surface area contributed by atoms with Crippen molar-refractivity contribution in [1.29, 1.82) is 0 Å². The molecule has 0 saturated carbocycles. The fourth-order valence-corrected chi connectivity index (χ4v) is 0. The summed E-state index contributed by atoms with van der Waals surface area (Å²) in [7, 11) is -2.17. The van der Waals surface area contributed by atoms with Crippen LogP contribution >= 0.6 is 0 Å². The summed E-state index contributed by atoms with van der Waals surface area (Å²) in [6, 6.07) is 0. The van der Waals surface area contributed by atoms with Crippen LogP contribution in [0.5, 0.6) is 0 Å². The van der Waals surface area contributed by atoms with Gasteiger partial charge in [0.15, 0.2) is 0 Å². The molecule has 0 aromatic heterocycles. The molecular formula is H4BO3. The van der Waals surface area contributed by atoms with Crippen LogP contribution in [0.3, 0.4) is 0 Å². The first-order valence-corrected chi connectivity index (χ1v) is 0.775. The summed E-state index contributed by atoms with van der Waals surface area (Å²) < 4.78 is 0. The number of hydrogen-bond donors (Lipinski definition) is 3. The smallest absolute Gasteiger partial charge is 0.402 e. The first kappa shape index (κ1) is 3.94. The molecule has 0 heterocycles. The van der Waals surface area contributed by atoms with Gasteiger partial charge in [-0.25, -0.2) is 0 Å². The highest BCUT2D eigenvalue weighted by Crippen LogP contribution is 1.40. The largest absolute Gasteiger partial charge is 0.631 e. The summed E-state index contributed by atoms with van der Waals surface area (Å²) in [5.74, 6) is 0. The van der Waals surface area contributed by atoms with Crippen molar-refractivity contribution in [2.75, 3.05) is 0 Å². The van der Waals surface area contributed by atoms with E-state index in [1.54, 1.807) is 0 Å². The first-order chi connectivity index (χ1) is 1.73. The lowest BCUT2D eigenvalue weighted by molar-refractivity contribution is 0.278. The Morgan fingerprint density at radius 1 is 1.25 bits per heavy atom. The summed E-state index contributed by atoms with van der Waals surface area (Å²) in [5.41, 5.74) is 0. The highest BCUT2D eigenvalue weighted by Gasteiger charge is 1.92. The third kappa shape index (κ3) is 573. The van der Waals surface area contributed by atoms with Crippen LogP contribution in [-0.2, 0) is 0 Å². The molecule has 0 saturated heterocycles. The predicted molar refractivity (Wildman–Crippen MR) is 13.5 cm³/mol. The van der Waals surface area contributed by atoms with Crippen LogP contribution in [0.1, 0.15) is 1.43 Å². The molecular weight excluding hydrogens is 58.8 g/mol. The predicted octanol–water partition coefficient (Wildman–Crippen LogP) is -1.94. The van der Waals surface area contributed by atoms with Gasteiger partial charge in [0.2, 0.25) is 0 Å². The highest BCUT2D eigenvalue weighted by molar-refractivity contribution is 6.30. The Morgan fingerprint density at radius 2 is 1.25 bits per heavy atom. The monoisotopic (exact) mass is 64.0 g/mol. The molecule has 25 valence electrons. The zero-order valence-electron chi connectivity index (χ0n) is 2.92. The Labute approximate surface area is 25.2 Å². The quantitative estimate of drug-likeness (QED) is 0.287. The molecule has 0 aromatic rings. The maximum Gasteiger partial charge on any atom is 0.631 e. The second-order valence-electron chi connectivity index (χ2n) is 0.346. The Bertz CT molecular complexity index is 11.6. The molecule has 1 radical (unpaired) electrons. The lowest BCUT2D eigenvalue weighted by atomic mass is 10.3. The summed E-state index contributed by atoms with van der Waals surface area (Å²) in [6.45, 7) is 0. The Hall–Kier alpha value is -0.0551. The van der Waals surface area contributed by atoms with E-state index < -0.39 is 7.32 Å². The Balaban J connectivity index is 0. The van der Waals surface area contributed by atoms with Crippen molar-refractivity contribution in [1.82, 2.24) is 0 Å². The van der Waals surface area contributed by atoms with Crippen LogP contribution in [0.2, 0.25) is 0 Å². The van der Waals surface area contributed by atoms with Gasteiger partial charge in [-0.15, -0.1) is 0 Å². The standard InChI is InChI=1S/BH3O3.H/c2-1(3)4;/h2-4H;/i;1+1. The van der Waals surface area contributed by atoms with Gasteiger partial charge >= 0.3 is 7.32 Å². The van der Waals surface area contributed by atoms with E-state index in [1.165, 1.54) is 0 Å². The van der Waals surface area contributed by atoms with Gasteiger partial charge < -0.3 is 15.1 Å². The van der Waals surface area contributed by atoms with E-state index in [2.05, 4.69) is 0 Å². The number of rotatable bonds is 0. The van der Waals surface area contributed by atoms with Crippen molar-refractivity contribution >= 4 is 7.32 Å². The average Bonchev–Trinajstić information content (AvgIpc) is 0.811. The minimum absolute atomic E-state index is 0. The van der Waals surface area contributed by atoms with Gasteiger partial charge in [-0.05, 0) is 0 Å². The van der Waals surface area contributed by atoms with E-state index in [9.17, 15) is 0 Å². The molecule has 3 N–H and O–H groups in total. The van der Waals surface area contributed by atoms with Crippen molar-refractivity contribution < 1.29 is 16.5 Å². The van der Waals surface area contributed by atoms with Crippen LogP contribution < -0.4 is 0 Å². The highest BCUT2D eigenvalue weighted by atomic mass is 16.5. The molecule has 0 aliphatic carbocycles. The summed E-state index contributed by atoms with van der Waals surface area (Å²) >= 11 is 0. The van der Waals surface area contributed by atoms with Gasteiger partial charge in [0, 0.05) is 1.43 Å². The fourth-order valence-electron chi connectivity index (χ4n) is 0. The first-order valence-electron chi connectivity index (χ1n) is 0.775. The minimum Gasteiger partial charge on any atom is -0.402 e. The van der Waals surface area contributed by atoms with Crippen LogP contribution in [0.15, 0.2) is 0 Å². The van der Waals surface area contributed by atoms with Gasteiger partial charge in [-0.3, -0.25) is 0 Å². The van der Waals surface area contributed by atoms with Crippen LogP contribution in [0.25, 0.3) is 0 Å². The summed E-state index contributed by atoms with van der Waals surface area (Å²) in [6.07, 6.45) is 0. The minimum atomic E-state index is -2.17. The molecule has 0 spiro atoms. The van der Waals surface area contributed by atoms with E-state index in [4.69, 9.17) is 15.1 Å². The molecule has 0 fully saturated rings. The van der Waals surface area contributed by atoms with Gasteiger partial charge in [-0.1, -0.05) is 0 Å². The van der Waals surface area contributed by atoms with Crippen LogP contribution in [0, 0.1) is 0 Å². The van der Waals surface area contributed by atoms with Gasteiger partial charge in [0.25, 0.3) is 0 Å². The fraction of sp³-hybridized carbons (Fsp3) is 0. The lowest BCUT2D eigenvalue weighted by Crippen LogP contribution is -2.07. The average molecular weight is 63.8 g/mol. The van der Waals surface area contributed by atoms with E-state index >= 15 is 0 Å². The van der Waals surface area contributed by atoms with Crippen molar-refractivity contribution in [3.63, 3.8) is 0 Å². The Morgan fingerprint density at radius 3 is 1.25 bits per heavy atom. The maximum absolute atomic E-state index is 7.17. The van der Waals surface area contributed by atoms with Crippen molar-refractivity contribution in [3.8, 4) is 0 Å². The molecule has 0 aromatic carbocycles. The molecule has 0 rings (SSSR count). The summed E-state index contributed by atoms with van der Waals surface area (Å²) in [5, 5.41) is 21.5. The Kier molecular flexibility index (Phi) is 1.27. The maximum atomic E-state index is 7.17. The normalized spacial score (nSPS) is 6.75. The van der Waals surface area contributed by atoms with E-state index in [-0.39, 0.29) is 1.43 Å². The molecule has 0 amide bonds. The molecule has 0 aliphatic rings. The molecule has 4 heavy (non-hydrogen) atoms. The third-order valence-electron chi connectivity index (χ3n) is 0. The van der Waals surface area contributed by atoms with E-state index in [0.717, 1.165) is 0 Å². The van der Waals surface area contributed by atoms with Gasteiger partial charge in [0.1, 0.15) is 0 Å². The van der Waals surface area contributed by atoms with Crippen molar-refractivity contribution in [2.24, 2.45) is 0 Å². The lowest BCUT2D eigenvalue weighted by Gasteiger charge is -1.69. The molecule has 3 nitrogen and oxygen atoms in total. The second kappa shape index (κ2) is 1.28. The second-order valence-corrected chi connectivity index (χ2v) is 0.346. The van der Waals surface area contributed by atoms with Gasteiger partial charge in [-0.2, -0.15) is 0 Å². The van der Waals surface area contributed by atoms with E-state index in [0.29, 0.717) is 0 Å². The zero-order valence-corrected chi connectivity index (χ0v) is 1.92.